The lowest BCUT2D eigenvalue weighted by Gasteiger charge is -2.43. The standard InChI is InChI=1S/C23H28N4O2S/c1-3-30-20-18(10-7-13-24-20)21(28)27-14-11-23(12-15-27)25-19(22(29)26(23)2)16-17-8-5-4-6-9-17/h4-10,13,19,25H,3,11-12,14-16H2,1-2H3. The fraction of sp³-hybridized carbons (Fsp3) is 0.435. The van der Waals surface area contributed by atoms with E-state index in [1.807, 2.05) is 47.2 Å². The van der Waals surface area contributed by atoms with Crippen LogP contribution >= 0.6 is 11.8 Å². The van der Waals surface area contributed by atoms with Crippen molar-refractivity contribution < 1.29 is 9.59 Å². The number of rotatable bonds is 5. The second-order valence-corrected chi connectivity index (χ2v) is 9.15. The molecule has 1 atom stereocenters. The van der Waals surface area contributed by atoms with Crippen molar-refractivity contribution in [3.63, 3.8) is 0 Å². The number of benzene rings is 1. The molecular weight excluding hydrogens is 396 g/mol. The summed E-state index contributed by atoms with van der Waals surface area (Å²) >= 11 is 1.59. The molecule has 1 aromatic heterocycles. The van der Waals surface area contributed by atoms with Gasteiger partial charge < -0.3 is 9.80 Å². The van der Waals surface area contributed by atoms with Gasteiger partial charge in [0.05, 0.1) is 17.3 Å². The number of nitrogens with zero attached hydrogens (tertiary/aromatic N) is 3. The number of carbonyl (C=O) groups excluding carboxylic acids is 2. The topological polar surface area (TPSA) is 65.5 Å². The first-order valence-electron chi connectivity index (χ1n) is 10.5. The monoisotopic (exact) mass is 424 g/mol. The number of likely N-dealkylation sites (N-methyl/N-ethyl adjacent to an activating group) is 1. The van der Waals surface area contributed by atoms with Crippen molar-refractivity contribution in [2.75, 3.05) is 25.9 Å². The highest BCUT2D eigenvalue weighted by Crippen LogP contribution is 2.33. The van der Waals surface area contributed by atoms with Crippen LogP contribution in [0.4, 0.5) is 0 Å². The van der Waals surface area contributed by atoms with Crippen LogP contribution in [0.5, 0.6) is 0 Å². The van der Waals surface area contributed by atoms with E-state index in [0.717, 1.165) is 29.2 Å². The lowest BCUT2D eigenvalue weighted by atomic mass is 9.95. The molecule has 4 rings (SSSR count). The number of thioether (sulfide) groups is 1. The van der Waals surface area contributed by atoms with E-state index in [9.17, 15) is 9.59 Å². The minimum Gasteiger partial charge on any atom is -0.338 e. The zero-order chi connectivity index (χ0) is 21.1. The molecule has 1 unspecified atom stereocenters. The SMILES string of the molecule is CCSc1ncccc1C(=O)N1CCC2(CC1)NC(Cc1ccccc1)C(=O)N2C. The Balaban J connectivity index is 1.43. The molecule has 2 aromatic rings. The highest BCUT2D eigenvalue weighted by atomic mass is 32.2. The minimum absolute atomic E-state index is 0.0294. The van der Waals surface area contributed by atoms with Gasteiger partial charge in [-0.3, -0.25) is 14.9 Å². The molecule has 2 aliphatic rings. The Labute approximate surface area is 182 Å². The van der Waals surface area contributed by atoms with Gasteiger partial charge in [0.1, 0.15) is 5.03 Å². The summed E-state index contributed by atoms with van der Waals surface area (Å²) in [5.74, 6) is 1.04. The van der Waals surface area contributed by atoms with Crippen molar-refractivity contribution >= 4 is 23.6 Å². The number of aromatic nitrogens is 1. The Hall–Kier alpha value is -2.38. The molecule has 0 aliphatic carbocycles. The minimum atomic E-state index is -0.372. The van der Waals surface area contributed by atoms with Crippen molar-refractivity contribution in [1.29, 1.82) is 0 Å². The number of carbonyl (C=O) groups is 2. The van der Waals surface area contributed by atoms with Gasteiger partial charge in [0, 0.05) is 39.2 Å². The maximum Gasteiger partial charge on any atom is 0.256 e. The van der Waals surface area contributed by atoms with Crippen LogP contribution in [0.3, 0.4) is 0 Å². The molecule has 6 nitrogen and oxygen atoms in total. The van der Waals surface area contributed by atoms with Crippen LogP contribution in [0.15, 0.2) is 53.7 Å². The molecule has 30 heavy (non-hydrogen) atoms. The van der Waals surface area contributed by atoms with Gasteiger partial charge in [-0.1, -0.05) is 37.3 Å². The molecule has 2 amide bonds. The second kappa shape index (κ2) is 8.78. The van der Waals surface area contributed by atoms with E-state index in [2.05, 4.69) is 29.4 Å². The normalized spacial score (nSPS) is 20.7. The van der Waals surface area contributed by atoms with E-state index in [1.54, 1.807) is 18.0 Å². The van der Waals surface area contributed by atoms with Gasteiger partial charge in [-0.05, 0) is 29.9 Å². The molecular formula is C23H28N4O2S. The quantitative estimate of drug-likeness (QED) is 0.748. The average Bonchev–Trinajstić information content (AvgIpc) is 3.00. The second-order valence-electron chi connectivity index (χ2n) is 7.90. The van der Waals surface area contributed by atoms with Crippen LogP contribution in [-0.2, 0) is 11.2 Å². The molecule has 7 heteroatoms. The number of hydrogen-bond acceptors (Lipinski definition) is 5. The molecule has 2 fully saturated rings. The maximum absolute atomic E-state index is 13.1. The number of nitrogens with one attached hydrogen (secondary N) is 1. The van der Waals surface area contributed by atoms with Gasteiger partial charge >= 0.3 is 0 Å². The number of amides is 2. The number of pyridine rings is 1. The third-order valence-electron chi connectivity index (χ3n) is 6.16. The third-order valence-corrected chi connectivity index (χ3v) is 7.04. The number of piperidine rings is 1. The summed E-state index contributed by atoms with van der Waals surface area (Å²) in [5.41, 5.74) is 1.45. The van der Waals surface area contributed by atoms with Crippen molar-refractivity contribution in [3.8, 4) is 0 Å². The van der Waals surface area contributed by atoms with Gasteiger partial charge in [-0.15, -0.1) is 11.8 Å². The largest absolute Gasteiger partial charge is 0.338 e. The number of hydrogen-bond donors (Lipinski definition) is 1. The molecule has 158 valence electrons. The van der Waals surface area contributed by atoms with E-state index in [1.165, 1.54) is 0 Å². The summed E-state index contributed by atoms with van der Waals surface area (Å²) in [7, 11) is 1.88. The summed E-state index contributed by atoms with van der Waals surface area (Å²) in [6, 6.07) is 13.6. The van der Waals surface area contributed by atoms with Crippen LogP contribution in [0.1, 0.15) is 35.7 Å². The summed E-state index contributed by atoms with van der Waals surface area (Å²) in [6.07, 6.45) is 3.86. The zero-order valence-corrected chi connectivity index (χ0v) is 18.3. The van der Waals surface area contributed by atoms with Crippen molar-refractivity contribution in [2.45, 2.75) is 42.9 Å². The first-order valence-corrected chi connectivity index (χ1v) is 11.5. The Morgan fingerprint density at radius 2 is 1.93 bits per heavy atom. The Bertz CT molecular complexity index is 912. The van der Waals surface area contributed by atoms with Gasteiger partial charge in [-0.2, -0.15) is 0 Å². The molecule has 1 aromatic carbocycles. The van der Waals surface area contributed by atoms with Gasteiger partial charge in [-0.25, -0.2) is 4.98 Å². The maximum atomic E-state index is 13.1. The molecule has 2 aliphatic heterocycles. The highest BCUT2D eigenvalue weighted by molar-refractivity contribution is 7.99. The van der Waals surface area contributed by atoms with Gasteiger partial charge in [0.15, 0.2) is 0 Å². The molecule has 1 spiro atoms. The van der Waals surface area contributed by atoms with Crippen molar-refractivity contribution in [3.05, 3.63) is 59.8 Å². The van der Waals surface area contributed by atoms with E-state index < -0.39 is 0 Å². The first-order chi connectivity index (χ1) is 14.5. The predicted octanol–water partition coefficient (Wildman–Crippen LogP) is 2.80. The Morgan fingerprint density at radius 3 is 2.63 bits per heavy atom. The van der Waals surface area contributed by atoms with Crippen LogP contribution in [-0.4, -0.2) is 64.2 Å². The molecule has 1 N–H and O–H groups in total. The van der Waals surface area contributed by atoms with Crippen LogP contribution in [0.25, 0.3) is 0 Å². The van der Waals surface area contributed by atoms with E-state index in [0.29, 0.717) is 25.1 Å². The summed E-state index contributed by atoms with van der Waals surface area (Å²) < 4.78 is 0. The zero-order valence-electron chi connectivity index (χ0n) is 17.5. The molecule has 0 bridgehead atoms. The Morgan fingerprint density at radius 1 is 1.20 bits per heavy atom. The van der Waals surface area contributed by atoms with Crippen LogP contribution < -0.4 is 5.32 Å². The van der Waals surface area contributed by atoms with E-state index in [-0.39, 0.29) is 23.5 Å². The van der Waals surface area contributed by atoms with Gasteiger partial charge in [0.25, 0.3) is 5.91 Å². The smallest absolute Gasteiger partial charge is 0.256 e. The summed E-state index contributed by atoms with van der Waals surface area (Å²) in [6.45, 7) is 3.29. The molecule has 0 radical (unpaired) electrons. The average molecular weight is 425 g/mol. The van der Waals surface area contributed by atoms with E-state index in [4.69, 9.17) is 0 Å². The van der Waals surface area contributed by atoms with Crippen LogP contribution in [0.2, 0.25) is 0 Å². The van der Waals surface area contributed by atoms with Crippen LogP contribution in [0, 0.1) is 0 Å². The van der Waals surface area contributed by atoms with Crippen molar-refractivity contribution in [1.82, 2.24) is 20.1 Å². The van der Waals surface area contributed by atoms with E-state index >= 15 is 0 Å². The molecule has 0 saturated carbocycles. The highest BCUT2D eigenvalue weighted by Gasteiger charge is 2.50. The lowest BCUT2D eigenvalue weighted by Crippen LogP contribution is -2.58. The fourth-order valence-corrected chi connectivity index (χ4v) is 5.17. The number of likely N-dealkylation sites (tertiary alicyclic amines) is 1. The first kappa shape index (κ1) is 20.9. The molecule has 2 saturated heterocycles. The van der Waals surface area contributed by atoms with Crippen molar-refractivity contribution in [2.24, 2.45) is 0 Å². The third kappa shape index (κ3) is 3.96. The predicted molar refractivity (Wildman–Crippen MR) is 118 cm³/mol. The van der Waals surface area contributed by atoms with Gasteiger partial charge in [0.2, 0.25) is 5.91 Å². The lowest BCUT2D eigenvalue weighted by molar-refractivity contribution is -0.131. The Kier molecular flexibility index (Phi) is 6.11. The fourth-order valence-electron chi connectivity index (χ4n) is 4.45. The molecule has 3 heterocycles. The summed E-state index contributed by atoms with van der Waals surface area (Å²) in [4.78, 5) is 34.2. The summed E-state index contributed by atoms with van der Waals surface area (Å²) in [5, 5.41) is 4.40.